The maximum Gasteiger partial charge on any atom is 0.257 e. The zero-order valence-electron chi connectivity index (χ0n) is 24.9. The van der Waals surface area contributed by atoms with E-state index in [1.807, 2.05) is 35.6 Å². The van der Waals surface area contributed by atoms with E-state index in [0.29, 0.717) is 59.1 Å². The summed E-state index contributed by atoms with van der Waals surface area (Å²) in [6.07, 6.45) is 0.760. The van der Waals surface area contributed by atoms with Crippen LogP contribution in [0.5, 0.6) is 5.75 Å². The Kier molecular flexibility index (Phi) is 8.20. The average molecular weight is 590 g/mol. The molecular formula is C35H35N5O4. The average Bonchev–Trinajstić information content (AvgIpc) is 3.35. The number of aromatic hydroxyl groups is 1. The van der Waals surface area contributed by atoms with Gasteiger partial charge in [0.2, 0.25) is 0 Å². The summed E-state index contributed by atoms with van der Waals surface area (Å²) in [7, 11) is 1.85. The molecule has 0 radical (unpaired) electrons. The predicted octanol–water partition coefficient (Wildman–Crippen LogP) is 4.73. The SMILES string of the molecule is Cc1c(C(=O)Nc2ccc(O)cc2)cc(-c2cc(C#N)ccc2C(=O)N2Cc3ccccc3CC2CN2CCOCC2)n1C. The van der Waals surface area contributed by atoms with E-state index in [0.717, 1.165) is 31.6 Å². The van der Waals surface area contributed by atoms with Gasteiger partial charge in [0.25, 0.3) is 11.8 Å². The van der Waals surface area contributed by atoms with Crippen molar-refractivity contribution in [1.82, 2.24) is 14.4 Å². The number of hydrogen-bond donors (Lipinski definition) is 2. The molecule has 2 N–H and O–H groups in total. The first kappa shape index (κ1) is 29.2. The van der Waals surface area contributed by atoms with Gasteiger partial charge in [-0.25, -0.2) is 0 Å². The molecule has 9 nitrogen and oxygen atoms in total. The second kappa shape index (κ2) is 12.4. The number of aromatic nitrogens is 1. The maximum absolute atomic E-state index is 14.6. The van der Waals surface area contributed by atoms with Crippen molar-refractivity contribution in [3.63, 3.8) is 0 Å². The molecule has 224 valence electrons. The van der Waals surface area contributed by atoms with Gasteiger partial charge in [0, 0.05) is 67.5 Å². The lowest BCUT2D eigenvalue weighted by atomic mass is 9.91. The number of morpholine rings is 1. The number of carbonyl (C=O) groups excluding carboxylic acids is 2. The van der Waals surface area contributed by atoms with Gasteiger partial charge in [0.05, 0.1) is 30.4 Å². The molecule has 1 atom stereocenters. The Morgan fingerprint density at radius 3 is 2.45 bits per heavy atom. The van der Waals surface area contributed by atoms with Crippen molar-refractivity contribution < 1.29 is 19.4 Å². The van der Waals surface area contributed by atoms with E-state index in [4.69, 9.17) is 4.74 Å². The van der Waals surface area contributed by atoms with E-state index < -0.39 is 0 Å². The normalized spacial score (nSPS) is 16.7. The summed E-state index contributed by atoms with van der Waals surface area (Å²) in [4.78, 5) is 32.2. The number of amides is 2. The number of anilines is 1. The van der Waals surface area contributed by atoms with E-state index >= 15 is 0 Å². The van der Waals surface area contributed by atoms with Gasteiger partial charge in [0.15, 0.2) is 0 Å². The molecule has 2 aliphatic heterocycles. The zero-order valence-corrected chi connectivity index (χ0v) is 24.9. The Labute approximate surface area is 256 Å². The summed E-state index contributed by atoms with van der Waals surface area (Å²) < 4.78 is 7.45. The van der Waals surface area contributed by atoms with E-state index in [1.54, 1.807) is 36.4 Å². The van der Waals surface area contributed by atoms with Crippen LogP contribution in [0.2, 0.25) is 0 Å². The number of nitrogens with one attached hydrogen (secondary N) is 1. The summed E-state index contributed by atoms with van der Waals surface area (Å²) in [5.41, 5.74) is 6.31. The van der Waals surface area contributed by atoms with Crippen LogP contribution in [-0.4, -0.2) is 70.2 Å². The highest BCUT2D eigenvalue weighted by atomic mass is 16.5. The summed E-state index contributed by atoms with van der Waals surface area (Å²) in [6, 6.07) is 23.7. The first-order valence-electron chi connectivity index (χ1n) is 14.8. The molecule has 0 spiro atoms. The molecule has 1 saturated heterocycles. The van der Waals surface area contributed by atoms with Crippen LogP contribution in [0.3, 0.4) is 0 Å². The number of nitriles is 1. The molecule has 4 aromatic rings. The summed E-state index contributed by atoms with van der Waals surface area (Å²) in [5, 5.41) is 22.2. The van der Waals surface area contributed by atoms with Gasteiger partial charge < -0.3 is 24.6 Å². The molecule has 0 bridgehead atoms. The highest BCUT2D eigenvalue weighted by molar-refractivity contribution is 6.07. The van der Waals surface area contributed by atoms with Gasteiger partial charge in [-0.1, -0.05) is 24.3 Å². The lowest BCUT2D eigenvalue weighted by Gasteiger charge is -2.40. The third-order valence-corrected chi connectivity index (χ3v) is 8.75. The van der Waals surface area contributed by atoms with E-state index in [2.05, 4.69) is 28.4 Å². The van der Waals surface area contributed by atoms with Crippen LogP contribution < -0.4 is 5.32 Å². The molecule has 9 heteroatoms. The molecule has 1 aromatic heterocycles. The van der Waals surface area contributed by atoms with Crippen LogP contribution in [0.1, 0.15) is 43.1 Å². The van der Waals surface area contributed by atoms with Crippen LogP contribution in [-0.2, 0) is 24.8 Å². The first-order valence-corrected chi connectivity index (χ1v) is 14.8. The number of rotatable bonds is 6. The number of nitrogens with zero attached hydrogens (tertiary/aromatic N) is 4. The van der Waals surface area contributed by atoms with Crippen LogP contribution >= 0.6 is 0 Å². The highest BCUT2D eigenvalue weighted by Gasteiger charge is 2.33. The van der Waals surface area contributed by atoms with E-state index in [1.165, 1.54) is 17.7 Å². The fraction of sp³-hybridized carbons (Fsp3) is 0.286. The van der Waals surface area contributed by atoms with Crippen LogP contribution in [0.15, 0.2) is 72.8 Å². The minimum absolute atomic E-state index is 0.0270. The fourth-order valence-electron chi connectivity index (χ4n) is 6.17. The van der Waals surface area contributed by atoms with Gasteiger partial charge in [0.1, 0.15) is 5.75 Å². The molecule has 3 heterocycles. The molecule has 1 unspecified atom stereocenters. The van der Waals surface area contributed by atoms with Crippen LogP contribution in [0.25, 0.3) is 11.3 Å². The molecule has 44 heavy (non-hydrogen) atoms. The Hall–Kier alpha value is -4.91. The number of phenols is 1. The van der Waals surface area contributed by atoms with Gasteiger partial charge in [-0.15, -0.1) is 0 Å². The Bertz CT molecular complexity index is 1750. The van der Waals surface area contributed by atoms with Crippen molar-refractivity contribution in [2.24, 2.45) is 7.05 Å². The van der Waals surface area contributed by atoms with Crippen molar-refractivity contribution in [2.75, 3.05) is 38.2 Å². The van der Waals surface area contributed by atoms with Crippen molar-refractivity contribution >= 4 is 17.5 Å². The predicted molar refractivity (Wildman–Crippen MR) is 167 cm³/mol. The molecule has 6 rings (SSSR count). The lowest BCUT2D eigenvalue weighted by Crippen LogP contribution is -2.52. The number of benzene rings is 3. The highest BCUT2D eigenvalue weighted by Crippen LogP contribution is 2.33. The third kappa shape index (κ3) is 5.82. The molecule has 0 saturated carbocycles. The van der Waals surface area contributed by atoms with Crippen molar-refractivity contribution in [3.05, 3.63) is 106 Å². The molecule has 1 fully saturated rings. The fourth-order valence-corrected chi connectivity index (χ4v) is 6.17. The van der Waals surface area contributed by atoms with Crippen molar-refractivity contribution in [1.29, 1.82) is 5.26 Å². The van der Waals surface area contributed by atoms with Gasteiger partial charge in [-0.05, 0) is 73.0 Å². The van der Waals surface area contributed by atoms with E-state index in [-0.39, 0.29) is 23.6 Å². The Balaban J connectivity index is 1.36. The second-order valence-corrected chi connectivity index (χ2v) is 11.4. The maximum atomic E-state index is 14.6. The van der Waals surface area contributed by atoms with Gasteiger partial charge in [-0.2, -0.15) is 5.26 Å². The van der Waals surface area contributed by atoms with Crippen molar-refractivity contribution in [3.8, 4) is 23.1 Å². The third-order valence-electron chi connectivity index (χ3n) is 8.75. The second-order valence-electron chi connectivity index (χ2n) is 11.4. The number of hydrogen-bond acceptors (Lipinski definition) is 6. The summed E-state index contributed by atoms with van der Waals surface area (Å²) >= 11 is 0. The Morgan fingerprint density at radius 2 is 1.73 bits per heavy atom. The summed E-state index contributed by atoms with van der Waals surface area (Å²) in [6.45, 7) is 6.14. The number of ether oxygens (including phenoxy) is 1. The topological polar surface area (TPSA) is 111 Å². The number of carbonyl (C=O) groups is 2. The molecule has 0 aliphatic carbocycles. The van der Waals surface area contributed by atoms with Gasteiger partial charge in [-0.3, -0.25) is 14.5 Å². The molecule has 2 amide bonds. The standard InChI is InChI=1S/C35H35N5O4/c1-23-31(34(42)37-27-8-10-29(41)11-9-27)19-33(38(23)2)32-17-24(20-36)7-12-30(32)35(43)40-21-26-6-4-3-5-25(26)18-28(40)22-39-13-15-44-16-14-39/h3-12,17,19,28,41H,13-16,18,21-22H2,1-2H3,(H,37,42). The number of phenolic OH excluding ortho intramolecular Hbond substituents is 1. The smallest absolute Gasteiger partial charge is 0.257 e. The molecular weight excluding hydrogens is 554 g/mol. The largest absolute Gasteiger partial charge is 0.508 e. The first-order chi connectivity index (χ1) is 21.3. The van der Waals surface area contributed by atoms with Crippen molar-refractivity contribution in [2.45, 2.75) is 25.9 Å². The minimum atomic E-state index is -0.308. The molecule has 2 aliphatic rings. The monoisotopic (exact) mass is 589 g/mol. The zero-order chi connectivity index (χ0) is 30.8. The van der Waals surface area contributed by atoms with Crippen LogP contribution in [0.4, 0.5) is 5.69 Å². The molecule has 3 aromatic carbocycles. The minimum Gasteiger partial charge on any atom is -0.508 e. The Morgan fingerprint density at radius 1 is 1.00 bits per heavy atom. The van der Waals surface area contributed by atoms with Gasteiger partial charge >= 0.3 is 0 Å². The number of fused-ring (bicyclic) bond motifs is 1. The quantitative estimate of drug-likeness (QED) is 0.315. The van der Waals surface area contributed by atoms with Crippen LogP contribution in [0, 0.1) is 18.3 Å². The lowest BCUT2D eigenvalue weighted by molar-refractivity contribution is 0.0193. The van der Waals surface area contributed by atoms with E-state index in [9.17, 15) is 20.0 Å². The summed E-state index contributed by atoms with van der Waals surface area (Å²) in [5.74, 6) is -0.302.